The fourth-order valence-electron chi connectivity index (χ4n) is 2.57. The van der Waals surface area contributed by atoms with Gasteiger partial charge in [0, 0.05) is 28.2 Å². The van der Waals surface area contributed by atoms with Crippen LogP contribution in [0.2, 0.25) is 10.0 Å². The molecule has 1 aromatic carbocycles. The van der Waals surface area contributed by atoms with Crippen LogP contribution in [0.1, 0.15) is 47.5 Å². The van der Waals surface area contributed by atoms with E-state index in [2.05, 4.69) is 20.4 Å². The summed E-state index contributed by atoms with van der Waals surface area (Å²) >= 11 is 12.0. The molecule has 0 aliphatic carbocycles. The van der Waals surface area contributed by atoms with Crippen LogP contribution in [0.25, 0.3) is 5.82 Å². The monoisotopic (exact) mass is 414 g/mol. The summed E-state index contributed by atoms with van der Waals surface area (Å²) in [5.41, 5.74) is 0.794. The summed E-state index contributed by atoms with van der Waals surface area (Å²) in [4.78, 5) is 21.4. The molecular weight excluding hydrogens is 399 g/mol. The van der Waals surface area contributed by atoms with Gasteiger partial charge in [0.1, 0.15) is 6.07 Å². The van der Waals surface area contributed by atoms with Gasteiger partial charge in [-0.05, 0) is 37.3 Å². The summed E-state index contributed by atoms with van der Waals surface area (Å²) in [5, 5.41) is 17.0. The van der Waals surface area contributed by atoms with E-state index in [1.807, 2.05) is 13.0 Å². The van der Waals surface area contributed by atoms with Crippen LogP contribution >= 0.6 is 23.2 Å². The van der Waals surface area contributed by atoms with Gasteiger partial charge in [-0.25, -0.2) is 9.97 Å². The number of aromatic nitrogens is 4. The first-order valence-electron chi connectivity index (χ1n) is 8.50. The van der Waals surface area contributed by atoms with Gasteiger partial charge in [-0.2, -0.15) is 9.94 Å². The number of pyridine rings is 1. The number of amides is 1. The average Bonchev–Trinajstić information content (AvgIpc) is 3.12. The molecule has 2 aromatic heterocycles. The fraction of sp³-hybridized carbons (Fsp3) is 0.211. The van der Waals surface area contributed by atoms with E-state index >= 15 is 0 Å². The normalized spacial score (nSPS) is 11.7. The van der Waals surface area contributed by atoms with Crippen molar-refractivity contribution in [3.8, 4) is 11.9 Å². The van der Waals surface area contributed by atoms with Crippen molar-refractivity contribution < 1.29 is 4.79 Å². The second-order valence-electron chi connectivity index (χ2n) is 6.02. The Balaban J connectivity index is 1.90. The van der Waals surface area contributed by atoms with E-state index < -0.39 is 6.04 Å². The van der Waals surface area contributed by atoms with Crippen LogP contribution in [0.4, 0.5) is 0 Å². The first kappa shape index (κ1) is 19.8. The van der Waals surface area contributed by atoms with Gasteiger partial charge in [-0.3, -0.25) is 4.79 Å². The second-order valence-corrected chi connectivity index (χ2v) is 6.89. The number of nitrogens with zero attached hydrogens (tertiary/aromatic N) is 5. The Kier molecular flexibility index (Phi) is 5.93. The lowest BCUT2D eigenvalue weighted by Gasteiger charge is -2.14. The van der Waals surface area contributed by atoms with Crippen molar-refractivity contribution in [1.82, 2.24) is 25.1 Å². The Morgan fingerprint density at radius 1 is 1.29 bits per heavy atom. The number of carbonyl (C=O) groups excluding carboxylic acids is 1. The molecule has 0 spiro atoms. The molecule has 2 heterocycles. The molecule has 3 aromatic rings. The number of benzene rings is 1. The Morgan fingerprint density at radius 3 is 2.57 bits per heavy atom. The lowest BCUT2D eigenvalue weighted by molar-refractivity contribution is 0.0938. The maximum Gasteiger partial charge on any atom is 0.251 e. The van der Waals surface area contributed by atoms with E-state index in [0.717, 1.165) is 0 Å². The number of carbonyl (C=O) groups is 1. The minimum Gasteiger partial charge on any atom is -0.342 e. The second kappa shape index (κ2) is 8.38. The Bertz CT molecular complexity index is 1040. The highest BCUT2D eigenvalue weighted by Gasteiger charge is 2.20. The zero-order valence-corrected chi connectivity index (χ0v) is 16.7. The van der Waals surface area contributed by atoms with Crippen molar-refractivity contribution in [1.29, 1.82) is 5.26 Å². The fourth-order valence-corrected chi connectivity index (χ4v) is 3.10. The smallest absolute Gasteiger partial charge is 0.251 e. The van der Waals surface area contributed by atoms with E-state index in [1.54, 1.807) is 41.9 Å². The van der Waals surface area contributed by atoms with Crippen molar-refractivity contribution in [2.45, 2.75) is 26.3 Å². The number of nitrogens with one attached hydrogen (secondary N) is 1. The van der Waals surface area contributed by atoms with Crippen LogP contribution in [-0.4, -0.2) is 25.7 Å². The summed E-state index contributed by atoms with van der Waals surface area (Å²) in [7, 11) is 0. The standard InChI is InChI=1S/C19H16Cl2N6O/c1-3-16-25-18(27(26-16)17-5-4-12(9-22)10-23-17)11(2)24-19(28)13-6-14(20)8-15(21)7-13/h4-8,10-11H,3H2,1-2H3,(H,24,28)/t11-/m0/s1. The van der Waals surface area contributed by atoms with E-state index in [1.165, 1.54) is 6.20 Å². The number of halogens is 2. The molecule has 7 nitrogen and oxygen atoms in total. The van der Waals surface area contributed by atoms with Crippen molar-refractivity contribution in [2.75, 3.05) is 0 Å². The van der Waals surface area contributed by atoms with Crippen molar-refractivity contribution >= 4 is 29.1 Å². The van der Waals surface area contributed by atoms with Gasteiger partial charge in [0.25, 0.3) is 5.91 Å². The van der Waals surface area contributed by atoms with Crippen LogP contribution in [0.5, 0.6) is 0 Å². The maximum atomic E-state index is 12.6. The Hall–Kier alpha value is -2.95. The summed E-state index contributed by atoms with van der Waals surface area (Å²) in [6.07, 6.45) is 2.09. The van der Waals surface area contributed by atoms with Gasteiger partial charge in [0.05, 0.1) is 11.6 Å². The molecule has 142 valence electrons. The number of hydrogen-bond donors (Lipinski definition) is 1. The third kappa shape index (κ3) is 4.30. The molecule has 0 bridgehead atoms. The highest BCUT2D eigenvalue weighted by atomic mass is 35.5. The van der Waals surface area contributed by atoms with Gasteiger partial charge < -0.3 is 5.32 Å². The molecule has 0 saturated heterocycles. The molecule has 0 fully saturated rings. The lowest BCUT2D eigenvalue weighted by atomic mass is 10.2. The van der Waals surface area contributed by atoms with E-state index in [9.17, 15) is 4.79 Å². The molecule has 3 rings (SSSR count). The summed E-state index contributed by atoms with van der Waals surface area (Å²) in [6, 6.07) is 9.54. The first-order chi connectivity index (χ1) is 13.4. The van der Waals surface area contributed by atoms with Gasteiger partial charge in [-0.1, -0.05) is 30.1 Å². The summed E-state index contributed by atoms with van der Waals surface area (Å²) in [6.45, 7) is 3.74. The molecule has 9 heteroatoms. The van der Waals surface area contributed by atoms with E-state index in [0.29, 0.717) is 45.1 Å². The van der Waals surface area contributed by atoms with Gasteiger partial charge in [-0.15, -0.1) is 5.10 Å². The lowest BCUT2D eigenvalue weighted by Crippen LogP contribution is -2.28. The average molecular weight is 415 g/mol. The Morgan fingerprint density at radius 2 is 2.00 bits per heavy atom. The molecular formula is C19H16Cl2N6O. The number of nitriles is 1. The summed E-state index contributed by atoms with van der Waals surface area (Å²) < 4.78 is 1.57. The van der Waals surface area contributed by atoms with Crippen molar-refractivity contribution in [3.05, 3.63) is 69.3 Å². The first-order valence-corrected chi connectivity index (χ1v) is 9.26. The zero-order valence-electron chi connectivity index (χ0n) is 15.1. The van der Waals surface area contributed by atoms with Crippen LogP contribution in [0, 0.1) is 11.3 Å². The van der Waals surface area contributed by atoms with E-state index in [-0.39, 0.29) is 5.91 Å². The van der Waals surface area contributed by atoms with Crippen LogP contribution in [-0.2, 0) is 6.42 Å². The summed E-state index contributed by atoms with van der Waals surface area (Å²) in [5.74, 6) is 1.31. The van der Waals surface area contributed by atoms with Gasteiger partial charge in [0.15, 0.2) is 17.5 Å². The predicted molar refractivity (Wildman–Crippen MR) is 106 cm³/mol. The predicted octanol–water partition coefficient (Wildman–Crippen LogP) is 3.89. The quantitative estimate of drug-likeness (QED) is 0.682. The largest absolute Gasteiger partial charge is 0.342 e. The van der Waals surface area contributed by atoms with Crippen LogP contribution in [0.15, 0.2) is 36.5 Å². The number of aryl methyl sites for hydroxylation is 1. The highest BCUT2D eigenvalue weighted by Crippen LogP contribution is 2.21. The topological polar surface area (TPSA) is 96.5 Å². The third-order valence-electron chi connectivity index (χ3n) is 3.95. The number of hydrogen-bond acceptors (Lipinski definition) is 5. The molecule has 28 heavy (non-hydrogen) atoms. The molecule has 1 atom stereocenters. The SMILES string of the molecule is CCc1nc([C@H](C)NC(=O)c2cc(Cl)cc(Cl)c2)n(-c2ccc(C#N)cn2)n1. The molecule has 0 aliphatic rings. The molecule has 0 radical (unpaired) electrons. The highest BCUT2D eigenvalue weighted by molar-refractivity contribution is 6.35. The van der Waals surface area contributed by atoms with Crippen molar-refractivity contribution in [2.24, 2.45) is 0 Å². The molecule has 1 amide bonds. The van der Waals surface area contributed by atoms with Crippen LogP contribution in [0.3, 0.4) is 0 Å². The third-order valence-corrected chi connectivity index (χ3v) is 4.38. The van der Waals surface area contributed by atoms with E-state index in [4.69, 9.17) is 28.5 Å². The minimum absolute atomic E-state index is 0.336. The van der Waals surface area contributed by atoms with Crippen LogP contribution < -0.4 is 5.32 Å². The molecule has 0 saturated carbocycles. The van der Waals surface area contributed by atoms with Crippen molar-refractivity contribution in [3.63, 3.8) is 0 Å². The van der Waals surface area contributed by atoms with Gasteiger partial charge >= 0.3 is 0 Å². The molecule has 1 N–H and O–H groups in total. The van der Waals surface area contributed by atoms with Gasteiger partial charge in [0.2, 0.25) is 0 Å². The maximum absolute atomic E-state index is 12.6. The Labute approximate surface area is 171 Å². The molecule has 0 unspecified atom stereocenters. The zero-order chi connectivity index (χ0) is 20.3. The minimum atomic E-state index is -0.462. The number of rotatable bonds is 5. The molecule has 0 aliphatic heterocycles.